The standard InChI is InChI=1S/C14H20O2S/c1-14(2,15)11-4-3-5-13(10-11)16-12-6-8-17-9-7-12/h3-5,10,12,15H,6-9H2,1-2H3. The first-order valence-electron chi connectivity index (χ1n) is 6.13. The summed E-state index contributed by atoms with van der Waals surface area (Å²) in [4.78, 5) is 0. The summed E-state index contributed by atoms with van der Waals surface area (Å²) in [6, 6.07) is 7.79. The molecule has 1 saturated heterocycles. The normalized spacial score (nSPS) is 18.1. The average molecular weight is 252 g/mol. The van der Waals surface area contributed by atoms with Gasteiger partial charge in [-0.2, -0.15) is 11.8 Å². The highest BCUT2D eigenvalue weighted by atomic mass is 32.2. The maximum absolute atomic E-state index is 9.96. The third kappa shape index (κ3) is 3.65. The summed E-state index contributed by atoms with van der Waals surface area (Å²) in [7, 11) is 0. The zero-order valence-corrected chi connectivity index (χ0v) is 11.3. The number of hydrogen-bond donors (Lipinski definition) is 1. The molecule has 1 heterocycles. The number of hydrogen-bond acceptors (Lipinski definition) is 3. The third-order valence-corrected chi connectivity index (χ3v) is 4.06. The summed E-state index contributed by atoms with van der Waals surface area (Å²) >= 11 is 2.00. The minimum Gasteiger partial charge on any atom is -0.490 e. The van der Waals surface area contributed by atoms with Gasteiger partial charge in [-0.15, -0.1) is 0 Å². The van der Waals surface area contributed by atoms with Gasteiger partial charge in [-0.25, -0.2) is 0 Å². The van der Waals surface area contributed by atoms with E-state index in [0.717, 1.165) is 24.2 Å². The van der Waals surface area contributed by atoms with E-state index in [9.17, 15) is 5.11 Å². The van der Waals surface area contributed by atoms with E-state index in [1.54, 1.807) is 13.8 Å². The Labute approximate surface area is 107 Å². The largest absolute Gasteiger partial charge is 0.490 e. The molecule has 1 aromatic carbocycles. The second-order valence-corrected chi connectivity index (χ2v) is 6.24. The van der Waals surface area contributed by atoms with E-state index in [-0.39, 0.29) is 0 Å². The van der Waals surface area contributed by atoms with Gasteiger partial charge in [0.1, 0.15) is 11.9 Å². The molecule has 1 aliphatic heterocycles. The number of rotatable bonds is 3. The summed E-state index contributed by atoms with van der Waals surface area (Å²) in [6.45, 7) is 3.59. The maximum Gasteiger partial charge on any atom is 0.120 e. The molecule has 0 aromatic heterocycles. The predicted molar refractivity (Wildman–Crippen MR) is 72.7 cm³/mol. The maximum atomic E-state index is 9.96. The highest BCUT2D eigenvalue weighted by Crippen LogP contribution is 2.26. The first kappa shape index (κ1) is 12.8. The van der Waals surface area contributed by atoms with Crippen molar-refractivity contribution >= 4 is 11.8 Å². The van der Waals surface area contributed by atoms with Crippen molar-refractivity contribution in [2.24, 2.45) is 0 Å². The Kier molecular flexibility index (Phi) is 4.00. The van der Waals surface area contributed by atoms with E-state index in [2.05, 4.69) is 0 Å². The van der Waals surface area contributed by atoms with Crippen LogP contribution in [0.25, 0.3) is 0 Å². The highest BCUT2D eigenvalue weighted by molar-refractivity contribution is 7.99. The molecule has 0 amide bonds. The van der Waals surface area contributed by atoms with Crippen LogP contribution in [0.5, 0.6) is 5.75 Å². The van der Waals surface area contributed by atoms with Crippen molar-refractivity contribution in [3.05, 3.63) is 29.8 Å². The van der Waals surface area contributed by atoms with Gasteiger partial charge in [0.2, 0.25) is 0 Å². The summed E-state index contributed by atoms with van der Waals surface area (Å²) < 4.78 is 5.97. The van der Waals surface area contributed by atoms with Crippen LogP contribution in [0.2, 0.25) is 0 Å². The Hall–Kier alpha value is -0.670. The van der Waals surface area contributed by atoms with Crippen molar-refractivity contribution < 1.29 is 9.84 Å². The summed E-state index contributed by atoms with van der Waals surface area (Å²) in [5.41, 5.74) is 0.0992. The van der Waals surface area contributed by atoms with Crippen molar-refractivity contribution in [1.29, 1.82) is 0 Å². The third-order valence-electron chi connectivity index (χ3n) is 3.01. The molecule has 1 aliphatic rings. The van der Waals surface area contributed by atoms with Gasteiger partial charge < -0.3 is 9.84 Å². The molecule has 0 atom stereocenters. The van der Waals surface area contributed by atoms with Gasteiger partial charge in [-0.05, 0) is 55.9 Å². The fourth-order valence-corrected chi connectivity index (χ4v) is 3.00. The molecule has 3 heteroatoms. The number of benzene rings is 1. The lowest BCUT2D eigenvalue weighted by molar-refractivity contribution is 0.0779. The van der Waals surface area contributed by atoms with E-state index >= 15 is 0 Å². The van der Waals surface area contributed by atoms with Gasteiger partial charge in [0.25, 0.3) is 0 Å². The molecule has 1 aromatic rings. The van der Waals surface area contributed by atoms with Gasteiger partial charge in [-0.3, -0.25) is 0 Å². The smallest absolute Gasteiger partial charge is 0.120 e. The monoisotopic (exact) mass is 252 g/mol. The van der Waals surface area contributed by atoms with E-state index in [1.165, 1.54) is 11.5 Å². The summed E-state index contributed by atoms with van der Waals surface area (Å²) in [6.07, 6.45) is 2.59. The zero-order chi connectivity index (χ0) is 12.3. The minimum absolute atomic E-state index is 0.341. The van der Waals surface area contributed by atoms with E-state index < -0.39 is 5.60 Å². The molecule has 0 unspecified atom stereocenters. The minimum atomic E-state index is -0.804. The molecule has 2 rings (SSSR count). The molecule has 1 fully saturated rings. The fraction of sp³-hybridized carbons (Fsp3) is 0.571. The van der Waals surface area contributed by atoms with Gasteiger partial charge in [-0.1, -0.05) is 12.1 Å². The summed E-state index contributed by atoms with van der Waals surface area (Å²) in [5.74, 6) is 3.26. The van der Waals surface area contributed by atoms with Crippen LogP contribution in [-0.2, 0) is 5.60 Å². The molecule has 17 heavy (non-hydrogen) atoms. The molecule has 94 valence electrons. The van der Waals surface area contributed by atoms with Crippen molar-refractivity contribution in [2.75, 3.05) is 11.5 Å². The van der Waals surface area contributed by atoms with Crippen molar-refractivity contribution in [1.82, 2.24) is 0 Å². The van der Waals surface area contributed by atoms with Gasteiger partial charge in [0.05, 0.1) is 5.60 Å². The lowest BCUT2D eigenvalue weighted by Crippen LogP contribution is -2.22. The highest BCUT2D eigenvalue weighted by Gasteiger charge is 2.18. The van der Waals surface area contributed by atoms with Gasteiger partial charge in [0, 0.05) is 0 Å². The molecule has 0 radical (unpaired) electrons. The molecule has 0 aliphatic carbocycles. The lowest BCUT2D eigenvalue weighted by Gasteiger charge is -2.24. The van der Waals surface area contributed by atoms with Crippen molar-refractivity contribution in [3.8, 4) is 5.75 Å². The van der Waals surface area contributed by atoms with E-state index in [1.807, 2.05) is 36.0 Å². The Bertz CT molecular complexity index is 365. The van der Waals surface area contributed by atoms with Crippen LogP contribution in [0, 0.1) is 0 Å². The first-order chi connectivity index (χ1) is 8.05. The van der Waals surface area contributed by atoms with Crippen LogP contribution in [-0.4, -0.2) is 22.7 Å². The second kappa shape index (κ2) is 5.32. The Morgan fingerprint density at radius 2 is 2.00 bits per heavy atom. The molecule has 2 nitrogen and oxygen atoms in total. The fourth-order valence-electron chi connectivity index (χ4n) is 1.94. The first-order valence-corrected chi connectivity index (χ1v) is 7.28. The van der Waals surface area contributed by atoms with Crippen LogP contribution in [0.4, 0.5) is 0 Å². The van der Waals surface area contributed by atoms with Crippen LogP contribution < -0.4 is 4.74 Å². The van der Waals surface area contributed by atoms with Gasteiger partial charge >= 0.3 is 0 Å². The Balaban J connectivity index is 2.05. The van der Waals surface area contributed by atoms with Crippen LogP contribution in [0.1, 0.15) is 32.3 Å². The van der Waals surface area contributed by atoms with Crippen LogP contribution in [0.3, 0.4) is 0 Å². The quantitative estimate of drug-likeness (QED) is 0.896. The predicted octanol–water partition coefficient (Wildman–Crippen LogP) is 3.19. The molecule has 0 bridgehead atoms. The average Bonchev–Trinajstić information content (AvgIpc) is 2.29. The second-order valence-electron chi connectivity index (χ2n) is 5.02. The summed E-state index contributed by atoms with van der Waals surface area (Å²) in [5, 5.41) is 9.96. The molecule has 0 saturated carbocycles. The number of ether oxygens (including phenoxy) is 1. The van der Waals surface area contributed by atoms with Gasteiger partial charge in [0.15, 0.2) is 0 Å². The van der Waals surface area contributed by atoms with E-state index in [4.69, 9.17) is 4.74 Å². The topological polar surface area (TPSA) is 29.5 Å². The molecule has 0 spiro atoms. The number of thioether (sulfide) groups is 1. The van der Waals surface area contributed by atoms with Crippen LogP contribution in [0.15, 0.2) is 24.3 Å². The number of aliphatic hydroxyl groups is 1. The van der Waals surface area contributed by atoms with E-state index in [0.29, 0.717) is 6.10 Å². The zero-order valence-electron chi connectivity index (χ0n) is 10.5. The van der Waals surface area contributed by atoms with Crippen molar-refractivity contribution in [3.63, 3.8) is 0 Å². The molecule has 1 N–H and O–H groups in total. The lowest BCUT2D eigenvalue weighted by atomic mass is 9.98. The van der Waals surface area contributed by atoms with Crippen molar-refractivity contribution in [2.45, 2.75) is 38.4 Å². The molecular weight excluding hydrogens is 232 g/mol. The van der Waals surface area contributed by atoms with Crippen LogP contribution >= 0.6 is 11.8 Å². The molecular formula is C14H20O2S. The SMILES string of the molecule is CC(C)(O)c1cccc(OC2CCSCC2)c1. The Morgan fingerprint density at radius 3 is 2.65 bits per heavy atom. The Morgan fingerprint density at radius 1 is 1.29 bits per heavy atom.